The molecular formula is C22H16O5. The maximum atomic E-state index is 13.2. The minimum absolute atomic E-state index is 0.112. The number of ketones is 2. The van der Waals surface area contributed by atoms with Gasteiger partial charge in [-0.2, -0.15) is 0 Å². The number of carbonyl (C=O) groups is 3. The van der Waals surface area contributed by atoms with Crippen LogP contribution in [-0.4, -0.2) is 34.3 Å². The summed E-state index contributed by atoms with van der Waals surface area (Å²) in [7, 11) is 0. The number of aliphatic hydroxyl groups is 1. The molecule has 4 aliphatic rings. The highest BCUT2D eigenvalue weighted by molar-refractivity contribution is 6.31. The predicted octanol–water partition coefficient (Wildman–Crippen LogP) is 2.06. The third-order valence-electron chi connectivity index (χ3n) is 5.84. The van der Waals surface area contributed by atoms with Gasteiger partial charge in [0.05, 0.1) is 16.6 Å². The number of fused-ring (bicyclic) bond motifs is 2. The van der Waals surface area contributed by atoms with Crippen molar-refractivity contribution in [1.29, 1.82) is 0 Å². The molecule has 0 amide bonds. The Kier molecular flexibility index (Phi) is 3.00. The Morgan fingerprint density at radius 1 is 1.04 bits per heavy atom. The van der Waals surface area contributed by atoms with Crippen LogP contribution in [0.4, 0.5) is 0 Å². The Bertz CT molecular complexity index is 1120. The molecule has 0 saturated heterocycles. The van der Waals surface area contributed by atoms with Crippen LogP contribution < -0.4 is 0 Å². The van der Waals surface area contributed by atoms with Crippen LogP contribution in [0.1, 0.15) is 12.5 Å². The van der Waals surface area contributed by atoms with Crippen LogP contribution in [0, 0.1) is 5.41 Å². The average Bonchev–Trinajstić information content (AvgIpc) is 2.86. The van der Waals surface area contributed by atoms with Gasteiger partial charge in [-0.25, -0.2) is 4.79 Å². The number of hydrogen-bond acceptors (Lipinski definition) is 5. The smallest absolute Gasteiger partial charge is 0.348 e. The number of ether oxygens (including phenoxy) is 1. The van der Waals surface area contributed by atoms with E-state index in [1.807, 2.05) is 42.5 Å². The first-order valence-electron chi connectivity index (χ1n) is 8.79. The van der Waals surface area contributed by atoms with Gasteiger partial charge in [-0.1, -0.05) is 42.5 Å². The largest absolute Gasteiger partial charge is 0.450 e. The molecule has 0 fully saturated rings. The van der Waals surface area contributed by atoms with Crippen molar-refractivity contribution in [1.82, 2.24) is 0 Å². The Labute approximate surface area is 154 Å². The Morgan fingerprint density at radius 3 is 2.52 bits per heavy atom. The van der Waals surface area contributed by atoms with Crippen LogP contribution in [0.15, 0.2) is 65.8 Å². The van der Waals surface area contributed by atoms with E-state index >= 15 is 0 Å². The molecule has 5 nitrogen and oxygen atoms in total. The van der Waals surface area contributed by atoms with E-state index in [1.54, 1.807) is 6.92 Å². The minimum Gasteiger partial charge on any atom is -0.450 e. The fraction of sp³-hybridized carbons (Fsp3) is 0.227. The van der Waals surface area contributed by atoms with Crippen molar-refractivity contribution < 1.29 is 24.2 Å². The number of esters is 1. The fourth-order valence-corrected chi connectivity index (χ4v) is 4.36. The van der Waals surface area contributed by atoms with Crippen molar-refractivity contribution >= 4 is 28.3 Å². The monoisotopic (exact) mass is 360 g/mol. The van der Waals surface area contributed by atoms with E-state index < -0.39 is 28.9 Å². The van der Waals surface area contributed by atoms with E-state index in [0.29, 0.717) is 0 Å². The lowest BCUT2D eigenvalue weighted by molar-refractivity contribution is -0.164. The number of Topliss-reactive ketones (excluding diaryl/α,β-unsaturated/α-hetero) is 2. The summed E-state index contributed by atoms with van der Waals surface area (Å²) >= 11 is 0. The SMILES string of the molecule is CC1(Cc2ccc3ccccc3c2)C(=O)C2=C(C1=O)C1(O)C=CC2OC1=O. The van der Waals surface area contributed by atoms with Crippen molar-refractivity contribution in [3.63, 3.8) is 0 Å². The molecule has 134 valence electrons. The number of benzene rings is 2. The molecule has 6 rings (SSSR count). The summed E-state index contributed by atoms with van der Waals surface area (Å²) in [5.41, 5.74) is -2.66. The van der Waals surface area contributed by atoms with E-state index in [9.17, 15) is 19.5 Å². The second kappa shape index (κ2) is 5.02. The summed E-state index contributed by atoms with van der Waals surface area (Å²) in [6, 6.07) is 13.7. The molecule has 0 aromatic heterocycles. The molecule has 2 heterocycles. The zero-order valence-corrected chi connectivity index (χ0v) is 14.6. The molecule has 27 heavy (non-hydrogen) atoms. The molecule has 2 bridgehead atoms. The van der Waals surface area contributed by atoms with E-state index in [1.165, 1.54) is 12.2 Å². The number of rotatable bonds is 2. The van der Waals surface area contributed by atoms with Gasteiger partial charge < -0.3 is 9.84 Å². The zero-order valence-electron chi connectivity index (χ0n) is 14.6. The van der Waals surface area contributed by atoms with Crippen LogP contribution in [0.5, 0.6) is 0 Å². The molecule has 3 atom stereocenters. The summed E-state index contributed by atoms with van der Waals surface area (Å²) in [5.74, 6) is -1.77. The molecular weight excluding hydrogens is 344 g/mol. The molecule has 2 aromatic carbocycles. The normalized spacial score (nSPS) is 31.6. The standard InChI is InChI=1S/C22H16O5/c1-21(11-12-6-7-13-4-2-3-5-14(13)10-12)18(23)16-15-8-9-22(26,20(25)27-15)17(16)19(21)24/h2-10,15,26H,11H2,1H3. The Morgan fingerprint density at radius 2 is 1.78 bits per heavy atom. The van der Waals surface area contributed by atoms with Crippen LogP contribution in [0.25, 0.3) is 10.8 Å². The van der Waals surface area contributed by atoms with E-state index in [-0.39, 0.29) is 23.4 Å². The van der Waals surface area contributed by atoms with Gasteiger partial charge in [0.25, 0.3) is 0 Å². The molecule has 0 saturated carbocycles. The topological polar surface area (TPSA) is 80.7 Å². The highest BCUT2D eigenvalue weighted by Crippen LogP contribution is 2.49. The third kappa shape index (κ3) is 1.95. The van der Waals surface area contributed by atoms with Crippen molar-refractivity contribution in [2.75, 3.05) is 0 Å². The Hall–Kier alpha value is -3.05. The van der Waals surface area contributed by atoms with E-state index in [2.05, 4.69) is 0 Å². The first kappa shape index (κ1) is 16.1. The second-order valence-corrected chi connectivity index (χ2v) is 7.59. The molecule has 2 aromatic rings. The van der Waals surface area contributed by atoms with Crippen molar-refractivity contribution in [2.24, 2.45) is 5.41 Å². The molecule has 5 heteroatoms. The second-order valence-electron chi connectivity index (χ2n) is 7.59. The van der Waals surface area contributed by atoms with Crippen LogP contribution in [-0.2, 0) is 25.5 Å². The lowest BCUT2D eigenvalue weighted by Gasteiger charge is -2.36. The van der Waals surface area contributed by atoms with Gasteiger partial charge in [-0.05, 0) is 41.8 Å². The predicted molar refractivity (Wildman–Crippen MR) is 96.8 cm³/mol. The van der Waals surface area contributed by atoms with Crippen molar-refractivity contribution in [3.8, 4) is 0 Å². The molecule has 2 aliphatic heterocycles. The molecule has 0 spiro atoms. The first-order chi connectivity index (χ1) is 12.8. The zero-order chi connectivity index (χ0) is 19.0. The minimum atomic E-state index is -2.15. The van der Waals surface area contributed by atoms with Crippen molar-refractivity contribution in [2.45, 2.75) is 25.0 Å². The first-order valence-corrected chi connectivity index (χ1v) is 8.79. The average molecular weight is 360 g/mol. The Balaban J connectivity index is 1.57. The quantitative estimate of drug-likeness (QED) is 0.504. The van der Waals surface area contributed by atoms with Gasteiger partial charge in [-0.3, -0.25) is 9.59 Å². The van der Waals surface area contributed by atoms with Crippen LogP contribution >= 0.6 is 0 Å². The lowest BCUT2D eigenvalue weighted by atomic mass is 9.76. The highest BCUT2D eigenvalue weighted by atomic mass is 16.6. The summed E-state index contributed by atoms with van der Waals surface area (Å²) in [6.07, 6.45) is 2.03. The van der Waals surface area contributed by atoms with E-state index in [4.69, 9.17) is 4.74 Å². The molecule has 3 unspecified atom stereocenters. The number of hydrogen-bond donors (Lipinski definition) is 1. The summed E-state index contributed by atoms with van der Waals surface area (Å²) in [6.45, 7) is 1.58. The maximum absolute atomic E-state index is 13.2. The molecule has 1 N–H and O–H groups in total. The van der Waals surface area contributed by atoms with E-state index in [0.717, 1.165) is 16.3 Å². The highest BCUT2D eigenvalue weighted by Gasteiger charge is 2.64. The summed E-state index contributed by atoms with van der Waals surface area (Å²) in [5, 5.41) is 12.8. The van der Waals surface area contributed by atoms with Crippen LogP contribution in [0.3, 0.4) is 0 Å². The molecule has 0 radical (unpaired) electrons. The van der Waals surface area contributed by atoms with Crippen LogP contribution in [0.2, 0.25) is 0 Å². The summed E-state index contributed by atoms with van der Waals surface area (Å²) < 4.78 is 5.12. The van der Waals surface area contributed by atoms with Crippen molar-refractivity contribution in [3.05, 3.63) is 71.3 Å². The van der Waals surface area contributed by atoms with Gasteiger partial charge >= 0.3 is 5.97 Å². The lowest BCUT2D eigenvalue weighted by Crippen LogP contribution is -2.51. The molecule has 2 aliphatic carbocycles. The number of carbonyl (C=O) groups excluding carboxylic acids is 3. The maximum Gasteiger partial charge on any atom is 0.348 e. The third-order valence-corrected chi connectivity index (χ3v) is 5.84. The summed E-state index contributed by atoms with van der Waals surface area (Å²) in [4.78, 5) is 38.4. The van der Waals surface area contributed by atoms with Gasteiger partial charge in [-0.15, -0.1) is 0 Å². The van der Waals surface area contributed by atoms with Gasteiger partial charge in [0.1, 0.15) is 6.10 Å². The fourth-order valence-electron chi connectivity index (χ4n) is 4.36. The van der Waals surface area contributed by atoms with Gasteiger partial charge in [0.2, 0.25) is 5.60 Å². The van der Waals surface area contributed by atoms with Gasteiger partial charge in [0, 0.05) is 0 Å². The van der Waals surface area contributed by atoms with Gasteiger partial charge in [0.15, 0.2) is 11.6 Å².